The van der Waals surface area contributed by atoms with Crippen molar-refractivity contribution < 1.29 is 4.39 Å². The van der Waals surface area contributed by atoms with Crippen LogP contribution in [0.3, 0.4) is 0 Å². The molecule has 1 N–H and O–H groups in total. The minimum absolute atomic E-state index is 0.183. The van der Waals surface area contributed by atoms with Crippen LogP contribution in [0.1, 0.15) is 24.1 Å². The third-order valence-corrected chi connectivity index (χ3v) is 4.60. The molecule has 0 radical (unpaired) electrons. The van der Waals surface area contributed by atoms with Crippen molar-refractivity contribution in [1.29, 1.82) is 0 Å². The van der Waals surface area contributed by atoms with Crippen LogP contribution in [0.25, 0.3) is 0 Å². The second-order valence-corrected chi connectivity index (χ2v) is 6.68. The van der Waals surface area contributed by atoms with E-state index in [4.69, 9.17) is 0 Å². The van der Waals surface area contributed by atoms with Crippen LogP contribution in [0.15, 0.2) is 46.9 Å². The van der Waals surface area contributed by atoms with Gasteiger partial charge in [0.1, 0.15) is 5.82 Å². The molecule has 2 aromatic rings. The maximum atomic E-state index is 13.2. The van der Waals surface area contributed by atoms with Crippen LogP contribution >= 0.6 is 38.5 Å². The molecular formula is C16H16BrFIN. The largest absolute Gasteiger partial charge is 0.310 e. The minimum Gasteiger partial charge on any atom is -0.310 e. The van der Waals surface area contributed by atoms with Gasteiger partial charge >= 0.3 is 0 Å². The van der Waals surface area contributed by atoms with Crippen molar-refractivity contribution in [2.45, 2.75) is 19.4 Å². The van der Waals surface area contributed by atoms with E-state index in [1.165, 1.54) is 11.6 Å². The van der Waals surface area contributed by atoms with E-state index in [0.29, 0.717) is 0 Å². The van der Waals surface area contributed by atoms with E-state index in [9.17, 15) is 4.39 Å². The van der Waals surface area contributed by atoms with Crippen molar-refractivity contribution in [3.05, 3.63) is 67.5 Å². The molecular weight excluding hydrogens is 432 g/mol. The third kappa shape index (κ3) is 4.27. The van der Waals surface area contributed by atoms with Gasteiger partial charge in [0.2, 0.25) is 0 Å². The summed E-state index contributed by atoms with van der Waals surface area (Å²) in [7, 11) is 0. The fourth-order valence-electron chi connectivity index (χ4n) is 2.18. The number of likely N-dealkylation sites (N-methyl/N-ethyl adjacent to an activating group) is 1. The van der Waals surface area contributed by atoms with Crippen molar-refractivity contribution in [2.75, 3.05) is 6.54 Å². The Morgan fingerprint density at radius 3 is 2.50 bits per heavy atom. The lowest BCUT2D eigenvalue weighted by Gasteiger charge is -2.20. The lowest BCUT2D eigenvalue weighted by molar-refractivity contribution is 0.545. The van der Waals surface area contributed by atoms with Crippen LogP contribution < -0.4 is 5.32 Å². The maximum Gasteiger partial charge on any atom is 0.124 e. The lowest BCUT2D eigenvalue weighted by atomic mass is 9.99. The number of hydrogen-bond acceptors (Lipinski definition) is 1. The monoisotopic (exact) mass is 447 g/mol. The lowest BCUT2D eigenvalue weighted by Crippen LogP contribution is -2.23. The molecule has 2 aromatic carbocycles. The van der Waals surface area contributed by atoms with E-state index in [1.54, 1.807) is 6.07 Å². The zero-order valence-corrected chi connectivity index (χ0v) is 14.9. The Morgan fingerprint density at radius 1 is 1.20 bits per heavy atom. The third-order valence-electron chi connectivity index (χ3n) is 3.14. The van der Waals surface area contributed by atoms with Crippen LogP contribution in [0.2, 0.25) is 0 Å². The van der Waals surface area contributed by atoms with E-state index in [-0.39, 0.29) is 11.9 Å². The second kappa shape index (κ2) is 7.52. The highest BCUT2D eigenvalue weighted by atomic mass is 127. The van der Waals surface area contributed by atoms with Crippen molar-refractivity contribution in [3.8, 4) is 0 Å². The van der Waals surface area contributed by atoms with Gasteiger partial charge in [-0.1, -0.05) is 41.1 Å². The molecule has 0 bridgehead atoms. The molecule has 2 rings (SSSR count). The standard InChI is InChI=1S/C16H16BrFIN/c1-2-20-16(9-11-3-5-12(17)6-4-11)14-8-7-13(18)10-15(14)19/h3-8,10,16,20H,2,9H2,1H3. The first-order valence-electron chi connectivity index (χ1n) is 6.53. The molecule has 1 unspecified atom stereocenters. The quantitative estimate of drug-likeness (QED) is 0.629. The first kappa shape index (κ1) is 15.9. The number of rotatable bonds is 5. The van der Waals surface area contributed by atoms with E-state index in [0.717, 1.165) is 26.6 Å². The van der Waals surface area contributed by atoms with Gasteiger partial charge in [0.05, 0.1) is 0 Å². The Hall–Kier alpha value is -0.460. The summed E-state index contributed by atoms with van der Waals surface area (Å²) in [6.45, 7) is 2.97. The highest BCUT2D eigenvalue weighted by Crippen LogP contribution is 2.25. The Balaban J connectivity index is 2.24. The first-order chi connectivity index (χ1) is 9.60. The highest BCUT2D eigenvalue weighted by molar-refractivity contribution is 14.1. The number of nitrogens with one attached hydrogen (secondary N) is 1. The summed E-state index contributed by atoms with van der Waals surface area (Å²) in [5.41, 5.74) is 2.41. The summed E-state index contributed by atoms with van der Waals surface area (Å²) in [6, 6.07) is 13.5. The molecule has 0 heterocycles. The van der Waals surface area contributed by atoms with Gasteiger partial charge in [-0.15, -0.1) is 0 Å². The Labute approximate surface area is 141 Å². The summed E-state index contributed by atoms with van der Waals surface area (Å²) in [6.07, 6.45) is 0.892. The van der Waals surface area contributed by atoms with Crippen LogP contribution in [0, 0.1) is 9.39 Å². The average Bonchev–Trinajstić information content (AvgIpc) is 2.41. The average molecular weight is 448 g/mol. The molecule has 20 heavy (non-hydrogen) atoms. The molecule has 0 saturated heterocycles. The smallest absolute Gasteiger partial charge is 0.124 e. The van der Waals surface area contributed by atoms with Gasteiger partial charge in [0.25, 0.3) is 0 Å². The summed E-state index contributed by atoms with van der Waals surface area (Å²) >= 11 is 5.65. The van der Waals surface area contributed by atoms with Crippen molar-refractivity contribution >= 4 is 38.5 Å². The second-order valence-electron chi connectivity index (χ2n) is 4.61. The predicted molar refractivity (Wildman–Crippen MR) is 93.4 cm³/mol. The zero-order valence-electron chi connectivity index (χ0n) is 11.2. The molecule has 0 fully saturated rings. The van der Waals surface area contributed by atoms with Gasteiger partial charge in [0, 0.05) is 14.1 Å². The number of benzene rings is 2. The normalized spacial score (nSPS) is 12.4. The van der Waals surface area contributed by atoms with E-state index < -0.39 is 0 Å². The minimum atomic E-state index is -0.183. The highest BCUT2D eigenvalue weighted by Gasteiger charge is 2.14. The van der Waals surface area contributed by atoms with Gasteiger partial charge < -0.3 is 5.32 Å². The van der Waals surface area contributed by atoms with Crippen LogP contribution in [-0.4, -0.2) is 6.54 Å². The van der Waals surface area contributed by atoms with Crippen molar-refractivity contribution in [2.24, 2.45) is 0 Å². The summed E-state index contributed by atoms with van der Waals surface area (Å²) in [5, 5.41) is 3.48. The van der Waals surface area contributed by atoms with E-state index in [1.807, 2.05) is 18.2 Å². The molecule has 0 saturated carbocycles. The Morgan fingerprint density at radius 2 is 1.90 bits per heavy atom. The topological polar surface area (TPSA) is 12.0 Å². The van der Waals surface area contributed by atoms with Crippen LogP contribution in [-0.2, 0) is 6.42 Å². The van der Waals surface area contributed by atoms with E-state index >= 15 is 0 Å². The first-order valence-corrected chi connectivity index (χ1v) is 8.40. The molecule has 1 atom stereocenters. The van der Waals surface area contributed by atoms with Crippen molar-refractivity contribution in [1.82, 2.24) is 5.32 Å². The summed E-state index contributed by atoms with van der Waals surface area (Å²) in [4.78, 5) is 0. The van der Waals surface area contributed by atoms with Crippen LogP contribution in [0.5, 0.6) is 0 Å². The molecule has 0 aliphatic carbocycles. The Kier molecular flexibility index (Phi) is 5.99. The molecule has 0 aliphatic heterocycles. The van der Waals surface area contributed by atoms with Gasteiger partial charge in [-0.2, -0.15) is 0 Å². The van der Waals surface area contributed by atoms with Gasteiger partial charge in [-0.25, -0.2) is 4.39 Å². The molecule has 0 aliphatic rings. The van der Waals surface area contributed by atoms with Crippen LogP contribution in [0.4, 0.5) is 4.39 Å². The molecule has 106 valence electrons. The summed E-state index contributed by atoms with van der Waals surface area (Å²) in [5.74, 6) is -0.183. The van der Waals surface area contributed by atoms with Gasteiger partial charge in [-0.05, 0) is 70.9 Å². The molecule has 4 heteroatoms. The van der Waals surface area contributed by atoms with E-state index in [2.05, 4.69) is 62.9 Å². The fraction of sp³-hybridized carbons (Fsp3) is 0.250. The predicted octanol–water partition coefficient (Wildman–Crippen LogP) is 5.09. The number of halogens is 3. The van der Waals surface area contributed by atoms with Crippen molar-refractivity contribution in [3.63, 3.8) is 0 Å². The zero-order chi connectivity index (χ0) is 14.5. The van der Waals surface area contributed by atoms with Gasteiger partial charge in [0.15, 0.2) is 0 Å². The molecule has 1 nitrogen and oxygen atoms in total. The maximum absolute atomic E-state index is 13.2. The summed E-state index contributed by atoms with van der Waals surface area (Å²) < 4.78 is 15.3. The SMILES string of the molecule is CCNC(Cc1ccc(Br)cc1)c1ccc(F)cc1I. The molecule has 0 aromatic heterocycles. The fourth-order valence-corrected chi connectivity index (χ4v) is 3.30. The molecule has 0 spiro atoms. The molecule has 0 amide bonds. The van der Waals surface area contributed by atoms with Gasteiger partial charge in [-0.3, -0.25) is 0 Å². The number of hydrogen-bond donors (Lipinski definition) is 1. The Bertz CT molecular complexity index is 571.